The van der Waals surface area contributed by atoms with Crippen LogP contribution < -0.4 is 0 Å². The van der Waals surface area contributed by atoms with Crippen LogP contribution in [-0.4, -0.2) is 23.9 Å². The fourth-order valence-electron chi connectivity index (χ4n) is 2.01. The van der Waals surface area contributed by atoms with Gasteiger partial charge in [0, 0.05) is 23.2 Å². The molecule has 0 spiro atoms. The fourth-order valence-corrected chi connectivity index (χ4v) is 3.06. The van der Waals surface area contributed by atoms with E-state index in [9.17, 15) is 9.18 Å². The number of thiophene rings is 1. The first-order valence-corrected chi connectivity index (χ1v) is 7.25. The standard InChI is InChI=1S/C15H15FN2OS/c1-3-18(9-10(2)8-17)15(19)14-7-11-12(16)5-4-6-13(11)20-14/h4-7,10H,3,9H2,1-2H3. The molecule has 0 fully saturated rings. The molecule has 0 aliphatic rings. The predicted octanol–water partition coefficient (Wildman–Crippen LogP) is 3.66. The first-order chi connectivity index (χ1) is 9.56. The van der Waals surface area contributed by atoms with Gasteiger partial charge in [-0.2, -0.15) is 5.26 Å². The van der Waals surface area contributed by atoms with Gasteiger partial charge in [-0.25, -0.2) is 4.39 Å². The number of fused-ring (bicyclic) bond motifs is 1. The molecule has 0 N–H and O–H groups in total. The minimum absolute atomic E-state index is 0.143. The average molecular weight is 290 g/mol. The summed E-state index contributed by atoms with van der Waals surface area (Å²) >= 11 is 1.28. The van der Waals surface area contributed by atoms with Crippen molar-refractivity contribution in [1.82, 2.24) is 4.90 Å². The van der Waals surface area contributed by atoms with Crippen LogP contribution >= 0.6 is 11.3 Å². The zero-order valence-corrected chi connectivity index (χ0v) is 12.2. The van der Waals surface area contributed by atoms with Gasteiger partial charge >= 0.3 is 0 Å². The topological polar surface area (TPSA) is 44.1 Å². The van der Waals surface area contributed by atoms with Gasteiger partial charge in [0.2, 0.25) is 0 Å². The van der Waals surface area contributed by atoms with Crippen molar-refractivity contribution in [3.05, 3.63) is 35.0 Å². The molecule has 1 unspecified atom stereocenters. The number of amides is 1. The fraction of sp³-hybridized carbons (Fsp3) is 0.333. The molecule has 0 saturated heterocycles. The third-order valence-electron chi connectivity index (χ3n) is 3.10. The summed E-state index contributed by atoms with van der Waals surface area (Å²) in [6, 6.07) is 8.54. The number of nitrogens with zero attached hydrogens (tertiary/aromatic N) is 2. The molecule has 0 radical (unpaired) electrons. The smallest absolute Gasteiger partial charge is 0.263 e. The van der Waals surface area contributed by atoms with Crippen molar-refractivity contribution in [2.45, 2.75) is 13.8 Å². The van der Waals surface area contributed by atoms with Crippen LogP contribution in [0.15, 0.2) is 24.3 Å². The van der Waals surface area contributed by atoms with E-state index in [1.54, 1.807) is 30.0 Å². The van der Waals surface area contributed by atoms with Gasteiger partial charge in [-0.05, 0) is 32.0 Å². The number of carbonyl (C=O) groups is 1. The van der Waals surface area contributed by atoms with Crippen LogP contribution in [-0.2, 0) is 0 Å². The summed E-state index contributed by atoms with van der Waals surface area (Å²) in [5.74, 6) is -0.675. The molecule has 2 rings (SSSR count). The van der Waals surface area contributed by atoms with Gasteiger partial charge in [-0.15, -0.1) is 11.3 Å². The SMILES string of the molecule is CCN(CC(C)C#N)C(=O)c1cc2c(F)cccc2s1. The molecule has 1 aromatic carbocycles. The van der Waals surface area contributed by atoms with Gasteiger partial charge in [0.25, 0.3) is 5.91 Å². The molecule has 2 aromatic rings. The Morgan fingerprint density at radius 1 is 1.55 bits per heavy atom. The molecule has 1 amide bonds. The monoisotopic (exact) mass is 290 g/mol. The summed E-state index contributed by atoms with van der Waals surface area (Å²) in [5.41, 5.74) is 0. The Hall–Kier alpha value is -1.93. The number of rotatable bonds is 4. The number of carbonyl (C=O) groups excluding carboxylic acids is 1. The zero-order valence-electron chi connectivity index (χ0n) is 11.4. The molecular formula is C15H15FN2OS. The Morgan fingerprint density at radius 2 is 2.30 bits per heavy atom. The van der Waals surface area contributed by atoms with Crippen molar-refractivity contribution in [2.75, 3.05) is 13.1 Å². The van der Waals surface area contributed by atoms with Crippen molar-refractivity contribution in [3.63, 3.8) is 0 Å². The molecule has 3 nitrogen and oxygen atoms in total. The Labute approximate surface area is 121 Å². The maximum atomic E-state index is 13.6. The second kappa shape index (κ2) is 6.02. The highest BCUT2D eigenvalue weighted by Crippen LogP contribution is 2.28. The van der Waals surface area contributed by atoms with E-state index in [-0.39, 0.29) is 17.6 Å². The summed E-state index contributed by atoms with van der Waals surface area (Å²) in [4.78, 5) is 14.5. The quantitative estimate of drug-likeness (QED) is 0.862. The van der Waals surface area contributed by atoms with Crippen LogP contribution in [0.1, 0.15) is 23.5 Å². The maximum absolute atomic E-state index is 13.6. The highest BCUT2D eigenvalue weighted by atomic mass is 32.1. The van der Waals surface area contributed by atoms with Crippen molar-refractivity contribution < 1.29 is 9.18 Å². The summed E-state index contributed by atoms with van der Waals surface area (Å²) in [5, 5.41) is 9.32. The van der Waals surface area contributed by atoms with Crippen LogP contribution in [0, 0.1) is 23.1 Å². The van der Waals surface area contributed by atoms with Crippen molar-refractivity contribution in [2.24, 2.45) is 5.92 Å². The largest absolute Gasteiger partial charge is 0.337 e. The molecule has 0 aliphatic heterocycles. The Morgan fingerprint density at radius 3 is 2.90 bits per heavy atom. The van der Waals surface area contributed by atoms with E-state index >= 15 is 0 Å². The lowest BCUT2D eigenvalue weighted by atomic mass is 10.2. The van der Waals surface area contributed by atoms with E-state index in [0.29, 0.717) is 23.4 Å². The predicted molar refractivity (Wildman–Crippen MR) is 78.1 cm³/mol. The highest BCUT2D eigenvalue weighted by Gasteiger charge is 2.19. The van der Waals surface area contributed by atoms with Gasteiger partial charge in [-0.3, -0.25) is 4.79 Å². The van der Waals surface area contributed by atoms with Crippen molar-refractivity contribution >= 4 is 27.3 Å². The van der Waals surface area contributed by atoms with Gasteiger partial charge in [0.1, 0.15) is 5.82 Å². The van der Waals surface area contributed by atoms with Gasteiger partial charge in [0.15, 0.2) is 0 Å². The first-order valence-electron chi connectivity index (χ1n) is 6.43. The summed E-state index contributed by atoms with van der Waals surface area (Å²) in [7, 11) is 0. The minimum atomic E-state index is -0.314. The van der Waals surface area contributed by atoms with E-state index in [1.165, 1.54) is 17.4 Å². The number of halogens is 1. The van der Waals surface area contributed by atoms with E-state index < -0.39 is 0 Å². The summed E-state index contributed by atoms with van der Waals surface area (Å²) in [6.45, 7) is 4.57. The van der Waals surface area contributed by atoms with Crippen LogP contribution in [0.2, 0.25) is 0 Å². The van der Waals surface area contributed by atoms with E-state index in [0.717, 1.165) is 4.70 Å². The van der Waals surface area contributed by atoms with Crippen LogP contribution in [0.25, 0.3) is 10.1 Å². The van der Waals surface area contributed by atoms with E-state index in [1.807, 2.05) is 6.92 Å². The molecule has 1 heterocycles. The molecule has 0 aliphatic carbocycles. The molecule has 20 heavy (non-hydrogen) atoms. The van der Waals surface area contributed by atoms with Gasteiger partial charge in [0.05, 0.1) is 16.9 Å². The molecule has 104 valence electrons. The second-order valence-electron chi connectivity index (χ2n) is 4.64. The van der Waals surface area contributed by atoms with Crippen LogP contribution in [0.3, 0.4) is 0 Å². The lowest BCUT2D eigenvalue weighted by Gasteiger charge is -2.21. The lowest BCUT2D eigenvalue weighted by Crippen LogP contribution is -2.33. The molecule has 1 aromatic heterocycles. The Kier molecular flexibility index (Phi) is 4.35. The zero-order chi connectivity index (χ0) is 14.7. The van der Waals surface area contributed by atoms with Crippen molar-refractivity contribution in [3.8, 4) is 6.07 Å². The number of hydrogen-bond acceptors (Lipinski definition) is 3. The summed E-state index contributed by atoms with van der Waals surface area (Å²) < 4.78 is 14.4. The van der Waals surface area contributed by atoms with Crippen molar-refractivity contribution in [1.29, 1.82) is 5.26 Å². The third kappa shape index (κ3) is 2.81. The first kappa shape index (κ1) is 14.5. The molecular weight excluding hydrogens is 275 g/mol. The van der Waals surface area contributed by atoms with Gasteiger partial charge in [-0.1, -0.05) is 6.07 Å². The normalized spacial score (nSPS) is 12.1. The molecule has 5 heteroatoms. The average Bonchev–Trinajstić information content (AvgIpc) is 2.89. The Balaban J connectivity index is 2.30. The second-order valence-corrected chi connectivity index (χ2v) is 5.72. The molecule has 0 bridgehead atoms. The highest BCUT2D eigenvalue weighted by molar-refractivity contribution is 7.20. The third-order valence-corrected chi connectivity index (χ3v) is 4.19. The maximum Gasteiger partial charge on any atom is 0.263 e. The van der Waals surface area contributed by atoms with Gasteiger partial charge < -0.3 is 4.90 Å². The molecule has 1 atom stereocenters. The number of hydrogen-bond donors (Lipinski definition) is 0. The van der Waals surface area contributed by atoms with E-state index in [2.05, 4.69) is 6.07 Å². The number of nitriles is 1. The molecule has 0 saturated carbocycles. The Bertz CT molecular complexity index is 674. The van der Waals surface area contributed by atoms with Crippen LogP contribution in [0.5, 0.6) is 0 Å². The van der Waals surface area contributed by atoms with E-state index in [4.69, 9.17) is 5.26 Å². The van der Waals surface area contributed by atoms with Crippen LogP contribution in [0.4, 0.5) is 4.39 Å². The number of benzene rings is 1. The summed E-state index contributed by atoms with van der Waals surface area (Å²) in [6.07, 6.45) is 0. The lowest BCUT2D eigenvalue weighted by molar-refractivity contribution is 0.0757. The minimum Gasteiger partial charge on any atom is -0.337 e.